The summed E-state index contributed by atoms with van der Waals surface area (Å²) in [5.41, 5.74) is 3.19. The molecule has 1 aromatic heterocycles. The number of rotatable bonds is 7. The Morgan fingerprint density at radius 2 is 2.00 bits per heavy atom. The van der Waals surface area contributed by atoms with E-state index in [9.17, 15) is 9.59 Å². The Morgan fingerprint density at radius 3 is 2.72 bits per heavy atom. The van der Waals surface area contributed by atoms with Crippen LogP contribution in [0.25, 0.3) is 0 Å². The van der Waals surface area contributed by atoms with Gasteiger partial charge in [0.1, 0.15) is 6.10 Å². The van der Waals surface area contributed by atoms with Crippen LogP contribution in [0.15, 0.2) is 30.3 Å². The summed E-state index contributed by atoms with van der Waals surface area (Å²) in [5, 5.41) is 12.9. The lowest BCUT2D eigenvalue weighted by atomic mass is 10.0. The van der Waals surface area contributed by atoms with E-state index in [0.29, 0.717) is 12.2 Å². The van der Waals surface area contributed by atoms with Crippen LogP contribution in [0.2, 0.25) is 0 Å². The minimum absolute atomic E-state index is 0.0581. The number of ether oxygens (including phenoxy) is 1. The van der Waals surface area contributed by atoms with Crippen molar-refractivity contribution in [1.82, 2.24) is 15.5 Å². The fourth-order valence-electron chi connectivity index (χ4n) is 3.80. The topological polar surface area (TPSA) is 96.1 Å². The number of hydrogen-bond donors (Lipinski definition) is 3. The Hall–Kier alpha value is -2.83. The average molecular weight is 399 g/mol. The minimum atomic E-state index is -0.365. The maximum atomic E-state index is 12.4. The number of aromatic amines is 1. The zero-order valence-electron chi connectivity index (χ0n) is 17.3. The number of H-pyrrole nitrogens is 1. The number of anilines is 1. The number of alkyl carbamates (subject to hydrolysis) is 1. The molecule has 0 aliphatic heterocycles. The van der Waals surface area contributed by atoms with E-state index < -0.39 is 0 Å². The fourth-order valence-corrected chi connectivity index (χ4v) is 3.80. The van der Waals surface area contributed by atoms with E-state index >= 15 is 0 Å². The predicted molar refractivity (Wildman–Crippen MR) is 112 cm³/mol. The molecular formula is C22H30N4O3. The molecule has 7 heteroatoms. The second-order valence-corrected chi connectivity index (χ2v) is 7.89. The molecule has 0 spiro atoms. The highest BCUT2D eigenvalue weighted by Gasteiger charge is 2.30. The standard InChI is InChI=1S/C22H30N4O3/c1-4-15-7-5-6-8-16(15)12-21(27)24-20-13-19(25-26-20)17-9-10-18(11-17)29-22(28)23-14(2)3/h5-8,13-14,17-18H,4,9-12H2,1-3H3,(H,23,28)(H2,24,25,26,27)/t17-,18+/m0/s1. The minimum Gasteiger partial charge on any atom is -0.446 e. The molecule has 3 rings (SSSR count). The average Bonchev–Trinajstić information content (AvgIpc) is 3.30. The van der Waals surface area contributed by atoms with Crippen molar-refractivity contribution in [1.29, 1.82) is 0 Å². The normalized spacial score (nSPS) is 18.6. The van der Waals surface area contributed by atoms with Gasteiger partial charge in [0, 0.05) is 23.7 Å². The molecule has 2 amide bonds. The van der Waals surface area contributed by atoms with Crippen molar-refractivity contribution in [3.8, 4) is 0 Å². The van der Waals surface area contributed by atoms with Gasteiger partial charge in [0.2, 0.25) is 5.91 Å². The van der Waals surface area contributed by atoms with Crippen molar-refractivity contribution in [2.45, 2.75) is 70.9 Å². The molecule has 0 saturated heterocycles. The van der Waals surface area contributed by atoms with Crippen LogP contribution in [0.5, 0.6) is 0 Å². The van der Waals surface area contributed by atoms with E-state index in [1.165, 1.54) is 5.56 Å². The zero-order chi connectivity index (χ0) is 20.8. The van der Waals surface area contributed by atoms with Gasteiger partial charge in [0.25, 0.3) is 0 Å². The lowest BCUT2D eigenvalue weighted by molar-refractivity contribution is -0.115. The highest BCUT2D eigenvalue weighted by molar-refractivity contribution is 5.91. The highest BCUT2D eigenvalue weighted by atomic mass is 16.6. The number of amides is 2. The van der Waals surface area contributed by atoms with Crippen LogP contribution in [-0.4, -0.2) is 34.3 Å². The second kappa shape index (κ2) is 9.58. The molecule has 1 aliphatic carbocycles. The zero-order valence-corrected chi connectivity index (χ0v) is 17.3. The van der Waals surface area contributed by atoms with Gasteiger partial charge in [-0.25, -0.2) is 4.79 Å². The molecule has 1 saturated carbocycles. The first-order valence-corrected chi connectivity index (χ1v) is 10.3. The largest absolute Gasteiger partial charge is 0.446 e. The number of nitrogens with zero attached hydrogens (tertiary/aromatic N) is 1. The highest BCUT2D eigenvalue weighted by Crippen LogP contribution is 2.35. The fraction of sp³-hybridized carbons (Fsp3) is 0.500. The van der Waals surface area contributed by atoms with E-state index in [-0.39, 0.29) is 30.1 Å². The maximum absolute atomic E-state index is 12.4. The summed E-state index contributed by atoms with van der Waals surface area (Å²) in [5.74, 6) is 0.689. The van der Waals surface area contributed by atoms with E-state index in [0.717, 1.165) is 36.9 Å². The first-order chi connectivity index (χ1) is 13.9. The molecule has 29 heavy (non-hydrogen) atoms. The third kappa shape index (κ3) is 5.82. The van der Waals surface area contributed by atoms with Crippen molar-refractivity contribution in [2.24, 2.45) is 0 Å². The molecule has 0 radical (unpaired) electrons. The molecule has 156 valence electrons. The van der Waals surface area contributed by atoms with Gasteiger partial charge >= 0.3 is 6.09 Å². The lowest BCUT2D eigenvalue weighted by Gasteiger charge is -2.14. The first kappa shape index (κ1) is 20.9. The van der Waals surface area contributed by atoms with Gasteiger partial charge in [-0.3, -0.25) is 9.89 Å². The van der Waals surface area contributed by atoms with Gasteiger partial charge < -0.3 is 15.4 Å². The van der Waals surface area contributed by atoms with Crippen molar-refractivity contribution < 1.29 is 14.3 Å². The summed E-state index contributed by atoms with van der Waals surface area (Å²) in [7, 11) is 0. The predicted octanol–water partition coefficient (Wildman–Crippen LogP) is 3.92. The molecule has 0 bridgehead atoms. The second-order valence-electron chi connectivity index (χ2n) is 7.89. The van der Waals surface area contributed by atoms with Crippen LogP contribution in [0, 0.1) is 0 Å². The number of carbonyl (C=O) groups excluding carboxylic acids is 2. The molecule has 0 unspecified atom stereocenters. The number of benzene rings is 1. The summed E-state index contributed by atoms with van der Waals surface area (Å²) in [6.07, 6.45) is 3.27. The monoisotopic (exact) mass is 398 g/mol. The molecular weight excluding hydrogens is 368 g/mol. The number of aryl methyl sites for hydroxylation is 1. The van der Waals surface area contributed by atoms with Gasteiger partial charge in [-0.05, 0) is 50.7 Å². The molecule has 1 aromatic carbocycles. The molecule has 7 nitrogen and oxygen atoms in total. The molecule has 1 aliphatic rings. The SMILES string of the molecule is CCc1ccccc1CC(=O)Nc1cc([C@H]2CC[C@@H](OC(=O)NC(C)C)C2)[nH]n1. The van der Waals surface area contributed by atoms with Gasteiger partial charge in [-0.1, -0.05) is 31.2 Å². The molecule has 1 fully saturated rings. The Labute approximate surface area is 171 Å². The molecule has 2 aromatic rings. The quantitative estimate of drug-likeness (QED) is 0.658. The van der Waals surface area contributed by atoms with Gasteiger partial charge in [-0.15, -0.1) is 0 Å². The Kier molecular flexibility index (Phi) is 6.90. The van der Waals surface area contributed by atoms with Crippen LogP contribution < -0.4 is 10.6 Å². The summed E-state index contributed by atoms with van der Waals surface area (Å²) < 4.78 is 5.48. The Bertz CT molecular complexity index is 846. The lowest BCUT2D eigenvalue weighted by Crippen LogP contribution is -2.33. The number of hydrogen-bond acceptors (Lipinski definition) is 4. The molecule has 2 atom stereocenters. The summed E-state index contributed by atoms with van der Waals surface area (Å²) >= 11 is 0. The number of aromatic nitrogens is 2. The van der Waals surface area contributed by atoms with Crippen molar-refractivity contribution in [3.63, 3.8) is 0 Å². The summed E-state index contributed by atoms with van der Waals surface area (Å²) in [6.45, 7) is 5.89. The summed E-state index contributed by atoms with van der Waals surface area (Å²) in [4.78, 5) is 24.2. The Morgan fingerprint density at radius 1 is 1.24 bits per heavy atom. The maximum Gasteiger partial charge on any atom is 0.407 e. The Balaban J connectivity index is 1.52. The van der Waals surface area contributed by atoms with Gasteiger partial charge in [0.15, 0.2) is 5.82 Å². The number of nitrogens with one attached hydrogen (secondary N) is 3. The van der Waals surface area contributed by atoms with Gasteiger partial charge in [-0.2, -0.15) is 5.10 Å². The van der Waals surface area contributed by atoms with E-state index in [1.807, 2.05) is 38.1 Å². The van der Waals surface area contributed by atoms with Crippen LogP contribution >= 0.6 is 0 Å². The third-order valence-corrected chi connectivity index (χ3v) is 5.22. The molecule has 3 N–H and O–H groups in total. The van der Waals surface area contributed by atoms with Crippen LogP contribution in [-0.2, 0) is 22.4 Å². The van der Waals surface area contributed by atoms with E-state index in [1.54, 1.807) is 0 Å². The van der Waals surface area contributed by atoms with Crippen LogP contribution in [0.1, 0.15) is 62.8 Å². The van der Waals surface area contributed by atoms with E-state index in [2.05, 4.69) is 33.8 Å². The van der Waals surface area contributed by atoms with Crippen molar-refractivity contribution >= 4 is 17.8 Å². The van der Waals surface area contributed by atoms with Gasteiger partial charge in [0.05, 0.1) is 6.42 Å². The third-order valence-electron chi connectivity index (χ3n) is 5.22. The van der Waals surface area contributed by atoms with Crippen molar-refractivity contribution in [2.75, 3.05) is 5.32 Å². The van der Waals surface area contributed by atoms with Crippen molar-refractivity contribution in [3.05, 3.63) is 47.2 Å². The number of carbonyl (C=O) groups is 2. The first-order valence-electron chi connectivity index (χ1n) is 10.3. The van der Waals surface area contributed by atoms with Crippen LogP contribution in [0.4, 0.5) is 10.6 Å². The smallest absolute Gasteiger partial charge is 0.407 e. The van der Waals surface area contributed by atoms with E-state index in [4.69, 9.17) is 4.74 Å². The molecule has 1 heterocycles. The van der Waals surface area contributed by atoms with Crippen LogP contribution in [0.3, 0.4) is 0 Å². The summed E-state index contributed by atoms with van der Waals surface area (Å²) in [6, 6.07) is 9.92.